The van der Waals surface area contributed by atoms with Gasteiger partial charge in [0.15, 0.2) is 0 Å². The van der Waals surface area contributed by atoms with E-state index in [1.54, 1.807) is 0 Å². The van der Waals surface area contributed by atoms with Crippen LogP contribution in [0.3, 0.4) is 0 Å². The van der Waals surface area contributed by atoms with E-state index in [0.29, 0.717) is 10.5 Å². The second-order valence-electron chi connectivity index (χ2n) is 6.84. The third kappa shape index (κ3) is 6.18. The molecule has 2 aromatic heterocycles. The molecule has 4 rings (SSSR count). The number of hydrogen-bond acceptors (Lipinski definition) is 8. The number of nitrogens with two attached hydrogens (primary N) is 1. The maximum atomic E-state index is 14.9. The van der Waals surface area contributed by atoms with E-state index in [2.05, 4.69) is 19.9 Å². The third-order valence-electron chi connectivity index (χ3n) is 4.48. The van der Waals surface area contributed by atoms with Gasteiger partial charge in [-0.25, -0.2) is 17.8 Å². The monoisotopic (exact) mass is 597 g/mol. The Labute approximate surface area is 221 Å². The molecule has 16 heteroatoms. The Balaban J connectivity index is 0.00000361. The smallest absolute Gasteiger partial charge is 0.384 e. The van der Waals surface area contributed by atoms with Crippen LogP contribution >= 0.6 is 47.1 Å². The fourth-order valence-electron chi connectivity index (χ4n) is 2.94. The molecule has 0 aliphatic rings. The van der Waals surface area contributed by atoms with Crippen molar-refractivity contribution in [3.8, 4) is 11.1 Å². The quantitative estimate of drug-likeness (QED) is 0.248. The third-order valence-corrected chi connectivity index (χ3v) is 8.12. The van der Waals surface area contributed by atoms with Crippen LogP contribution in [-0.2, 0) is 16.2 Å². The van der Waals surface area contributed by atoms with Crippen LogP contribution in [0.15, 0.2) is 68.9 Å². The maximum absolute atomic E-state index is 14.9. The Hall–Kier alpha value is -2.65. The highest BCUT2D eigenvalue weighted by Crippen LogP contribution is 2.43. The van der Waals surface area contributed by atoms with Gasteiger partial charge in [0.25, 0.3) is 10.0 Å². The molecule has 0 radical (unpaired) electrons. The number of rotatable bonds is 6. The molecule has 3 N–H and O–H groups in total. The molecule has 190 valence electrons. The zero-order valence-corrected chi connectivity index (χ0v) is 21.5. The number of benzene rings is 2. The Kier molecular flexibility index (Phi) is 8.35. The molecule has 0 atom stereocenters. The second-order valence-corrected chi connectivity index (χ2v) is 10.8. The van der Waals surface area contributed by atoms with E-state index in [1.165, 1.54) is 29.9 Å². The van der Waals surface area contributed by atoms with Crippen LogP contribution in [0.1, 0.15) is 5.56 Å². The first kappa shape index (κ1) is 27.9. The minimum atomic E-state index is -4.60. The van der Waals surface area contributed by atoms with Gasteiger partial charge in [-0.2, -0.15) is 13.2 Å². The predicted molar refractivity (Wildman–Crippen MR) is 133 cm³/mol. The van der Waals surface area contributed by atoms with Crippen molar-refractivity contribution in [1.29, 1.82) is 0 Å². The number of pyridine rings is 1. The molecule has 7 nitrogen and oxygen atoms in total. The number of alkyl halides is 3. The summed E-state index contributed by atoms with van der Waals surface area (Å²) in [5.41, 5.74) is 6.59. The van der Waals surface area contributed by atoms with Crippen LogP contribution in [0.4, 0.5) is 28.5 Å². The van der Waals surface area contributed by atoms with E-state index >= 15 is 0 Å². The van der Waals surface area contributed by atoms with Crippen LogP contribution in [-0.4, -0.2) is 23.6 Å². The highest BCUT2D eigenvalue weighted by Gasteiger charge is 2.31. The number of nitrogens with one attached hydrogen (secondary N) is 1. The van der Waals surface area contributed by atoms with E-state index in [4.69, 9.17) is 17.3 Å². The first-order valence-electron chi connectivity index (χ1n) is 9.33. The van der Waals surface area contributed by atoms with Crippen molar-refractivity contribution < 1.29 is 26.0 Å². The molecule has 0 aliphatic heterocycles. The Morgan fingerprint density at radius 3 is 2.47 bits per heavy atom. The van der Waals surface area contributed by atoms with E-state index in [9.17, 15) is 26.0 Å². The lowest BCUT2D eigenvalue weighted by molar-refractivity contribution is -0.137. The minimum Gasteiger partial charge on any atom is -0.384 e. The second kappa shape index (κ2) is 10.8. The fraction of sp³-hybridized carbons (Fsp3) is 0.0500. The summed E-state index contributed by atoms with van der Waals surface area (Å²) in [4.78, 5) is 3.50. The number of nitrogen functional groups attached to an aromatic ring is 1. The zero-order valence-electron chi connectivity index (χ0n) is 17.5. The van der Waals surface area contributed by atoms with Gasteiger partial charge in [0.1, 0.15) is 22.0 Å². The van der Waals surface area contributed by atoms with Gasteiger partial charge in [0.2, 0.25) is 5.13 Å². The average molecular weight is 598 g/mol. The van der Waals surface area contributed by atoms with Crippen LogP contribution in [0.25, 0.3) is 11.1 Å². The van der Waals surface area contributed by atoms with Crippen LogP contribution in [0.2, 0.25) is 5.02 Å². The molecular formula is C20H13Cl2F4N5O2S3. The van der Waals surface area contributed by atoms with E-state index in [1.807, 2.05) is 0 Å². The first-order chi connectivity index (χ1) is 16.4. The summed E-state index contributed by atoms with van der Waals surface area (Å²) in [6, 6.07) is 7.72. The summed E-state index contributed by atoms with van der Waals surface area (Å²) in [5, 5.41) is 6.85. The predicted octanol–water partition coefficient (Wildman–Crippen LogP) is 6.37. The highest BCUT2D eigenvalue weighted by molar-refractivity contribution is 7.99. The lowest BCUT2D eigenvalue weighted by atomic mass is 10.0. The van der Waals surface area contributed by atoms with Crippen molar-refractivity contribution in [3.63, 3.8) is 0 Å². The molecular weight excluding hydrogens is 585 g/mol. The standard InChI is InChI=1S/C20H12ClF4N5O2S3.ClH/c21-13-7-17(35(31,32)30-19-29-28-9-33-19)14(22)8-16(13)34-15-2-1-11(20(23,24)25)6-12(15)10-3-4-27-18(26)5-10;/h1-9H,(H2,26,27)(H,29,30);1H. The lowest BCUT2D eigenvalue weighted by Gasteiger charge is -2.15. The van der Waals surface area contributed by atoms with Crippen molar-refractivity contribution >= 4 is 68.1 Å². The van der Waals surface area contributed by atoms with Crippen LogP contribution in [0, 0.1) is 5.82 Å². The average Bonchev–Trinajstić information content (AvgIpc) is 3.27. The number of anilines is 2. The summed E-state index contributed by atoms with van der Waals surface area (Å²) < 4.78 is 82.1. The molecule has 2 aromatic carbocycles. The maximum Gasteiger partial charge on any atom is 0.416 e. The summed E-state index contributed by atoms with van der Waals surface area (Å²) in [5.74, 6) is -1.02. The van der Waals surface area contributed by atoms with Crippen LogP contribution < -0.4 is 10.5 Å². The minimum absolute atomic E-state index is 0. The van der Waals surface area contributed by atoms with Gasteiger partial charge in [-0.15, -0.1) is 22.6 Å². The number of nitrogens with zero attached hydrogens (tertiary/aromatic N) is 3. The fourth-order valence-corrected chi connectivity index (χ4v) is 6.04. The van der Waals surface area contributed by atoms with Gasteiger partial charge in [0.05, 0.1) is 10.6 Å². The van der Waals surface area contributed by atoms with Crippen LogP contribution in [0.5, 0.6) is 0 Å². The van der Waals surface area contributed by atoms with Crippen molar-refractivity contribution in [2.45, 2.75) is 20.9 Å². The van der Waals surface area contributed by atoms with E-state index in [0.717, 1.165) is 47.4 Å². The van der Waals surface area contributed by atoms with Gasteiger partial charge in [-0.3, -0.25) is 4.72 Å². The zero-order chi connectivity index (χ0) is 25.4. The Morgan fingerprint density at radius 1 is 1.08 bits per heavy atom. The van der Waals surface area contributed by atoms with Gasteiger partial charge < -0.3 is 5.73 Å². The van der Waals surface area contributed by atoms with Gasteiger partial charge in [0, 0.05) is 16.0 Å². The van der Waals surface area contributed by atoms with E-state index in [-0.39, 0.29) is 38.8 Å². The molecule has 0 bridgehead atoms. The first-order valence-corrected chi connectivity index (χ1v) is 12.9. The highest BCUT2D eigenvalue weighted by atomic mass is 35.5. The molecule has 0 aliphatic carbocycles. The number of aromatic nitrogens is 3. The number of halogens is 6. The summed E-state index contributed by atoms with van der Waals surface area (Å²) in [7, 11) is -4.36. The van der Waals surface area contributed by atoms with Crippen molar-refractivity contribution in [2.75, 3.05) is 10.5 Å². The molecule has 0 amide bonds. The van der Waals surface area contributed by atoms with Crippen molar-refractivity contribution in [3.05, 3.63) is 70.6 Å². The molecule has 0 fully saturated rings. The molecule has 0 unspecified atom stereocenters. The topological polar surface area (TPSA) is 111 Å². The molecule has 0 saturated carbocycles. The lowest BCUT2D eigenvalue weighted by Crippen LogP contribution is -2.14. The Morgan fingerprint density at radius 2 is 1.83 bits per heavy atom. The van der Waals surface area contributed by atoms with Gasteiger partial charge in [-0.05, 0) is 53.6 Å². The van der Waals surface area contributed by atoms with Gasteiger partial charge in [-0.1, -0.05) is 34.7 Å². The summed E-state index contributed by atoms with van der Waals surface area (Å²) >= 11 is 8.01. The largest absolute Gasteiger partial charge is 0.416 e. The molecule has 0 spiro atoms. The Bertz CT molecular complexity index is 1500. The molecule has 36 heavy (non-hydrogen) atoms. The SMILES string of the molecule is Cl.Nc1cc(-c2cc(C(F)(F)F)ccc2Sc2cc(F)c(S(=O)(=O)Nc3nncs3)cc2Cl)ccn1. The van der Waals surface area contributed by atoms with Crippen molar-refractivity contribution in [2.24, 2.45) is 0 Å². The molecule has 2 heterocycles. The summed E-state index contributed by atoms with van der Waals surface area (Å²) in [6.07, 6.45) is -3.26. The molecule has 4 aromatic rings. The summed E-state index contributed by atoms with van der Waals surface area (Å²) in [6.45, 7) is 0. The van der Waals surface area contributed by atoms with Gasteiger partial charge >= 0.3 is 6.18 Å². The van der Waals surface area contributed by atoms with E-state index < -0.39 is 32.5 Å². The number of sulfonamides is 1. The normalized spacial score (nSPS) is 11.7. The number of hydrogen-bond donors (Lipinski definition) is 2. The molecule has 0 saturated heterocycles. The van der Waals surface area contributed by atoms with Crippen molar-refractivity contribution in [1.82, 2.24) is 15.2 Å².